The third kappa shape index (κ3) is 3.39. The molecule has 2 aliphatic heterocycles. The van der Waals surface area contributed by atoms with Crippen molar-refractivity contribution in [2.75, 3.05) is 36.0 Å². The molecule has 6 heteroatoms. The van der Waals surface area contributed by atoms with Gasteiger partial charge in [-0.15, -0.1) is 0 Å². The Balaban J connectivity index is 1.43. The number of aromatic nitrogens is 2. The third-order valence-corrected chi connectivity index (χ3v) is 5.98. The van der Waals surface area contributed by atoms with Crippen LogP contribution in [0.5, 0.6) is 0 Å². The molecular weight excluding hydrogens is 360 g/mol. The maximum atomic E-state index is 9.04. The van der Waals surface area contributed by atoms with Gasteiger partial charge in [0.15, 0.2) is 0 Å². The van der Waals surface area contributed by atoms with Crippen LogP contribution in [0.3, 0.4) is 0 Å². The van der Waals surface area contributed by atoms with Crippen LogP contribution in [0, 0.1) is 11.3 Å². The van der Waals surface area contributed by atoms with Gasteiger partial charge in [-0.05, 0) is 17.9 Å². The number of fused-ring (bicyclic) bond motifs is 2. The highest BCUT2D eigenvalue weighted by atomic mass is 15.3. The predicted molar refractivity (Wildman–Crippen MR) is 115 cm³/mol. The number of hydrogen-bond donors (Lipinski definition) is 1. The van der Waals surface area contributed by atoms with Crippen LogP contribution in [0.2, 0.25) is 0 Å². The van der Waals surface area contributed by atoms with Crippen LogP contribution < -0.4 is 15.1 Å². The second kappa shape index (κ2) is 7.69. The molecular formula is C23H24N6. The Morgan fingerprint density at radius 2 is 1.97 bits per heavy atom. The number of nitriles is 1. The standard InChI is InChI=1S/C23H24N6/c24-10-8-18-14-29(13-11-25-18)23-20-9-12-28(15-21(20)26-16-27-23)22-7-3-5-17-4-1-2-6-19(17)22/h1-7,16,18,25H,8-9,11-15H2/t18-/m0/s1. The summed E-state index contributed by atoms with van der Waals surface area (Å²) < 4.78 is 0. The monoisotopic (exact) mass is 384 g/mol. The number of benzene rings is 2. The largest absolute Gasteiger partial charge is 0.365 e. The summed E-state index contributed by atoms with van der Waals surface area (Å²) in [5.74, 6) is 1.05. The second-order valence-corrected chi connectivity index (χ2v) is 7.75. The summed E-state index contributed by atoms with van der Waals surface area (Å²) in [6.07, 6.45) is 3.16. The topological polar surface area (TPSA) is 68.1 Å². The molecule has 29 heavy (non-hydrogen) atoms. The molecule has 1 aromatic heterocycles. The lowest BCUT2D eigenvalue weighted by Gasteiger charge is -2.37. The van der Waals surface area contributed by atoms with Gasteiger partial charge in [-0.25, -0.2) is 9.97 Å². The van der Waals surface area contributed by atoms with Gasteiger partial charge in [0.1, 0.15) is 12.1 Å². The van der Waals surface area contributed by atoms with Crippen molar-refractivity contribution in [3.05, 3.63) is 60.0 Å². The molecule has 1 saturated heterocycles. The Hall–Kier alpha value is -3.17. The van der Waals surface area contributed by atoms with Gasteiger partial charge >= 0.3 is 0 Å². The van der Waals surface area contributed by atoms with Crippen LogP contribution in [0.15, 0.2) is 48.8 Å². The van der Waals surface area contributed by atoms with Crippen LogP contribution >= 0.6 is 0 Å². The van der Waals surface area contributed by atoms with E-state index in [1.807, 2.05) is 0 Å². The van der Waals surface area contributed by atoms with E-state index in [4.69, 9.17) is 5.26 Å². The molecule has 0 unspecified atom stereocenters. The van der Waals surface area contributed by atoms with E-state index in [1.165, 1.54) is 22.0 Å². The van der Waals surface area contributed by atoms with Gasteiger partial charge in [0.05, 0.1) is 24.7 Å². The maximum absolute atomic E-state index is 9.04. The molecule has 5 rings (SSSR count). The second-order valence-electron chi connectivity index (χ2n) is 7.75. The molecule has 6 nitrogen and oxygen atoms in total. The Labute approximate surface area is 170 Å². The van der Waals surface area contributed by atoms with E-state index in [0.29, 0.717) is 6.42 Å². The Morgan fingerprint density at radius 3 is 2.90 bits per heavy atom. The normalized spacial score (nSPS) is 19.1. The lowest BCUT2D eigenvalue weighted by molar-refractivity contribution is 0.459. The first-order chi connectivity index (χ1) is 14.3. The summed E-state index contributed by atoms with van der Waals surface area (Å²) in [7, 11) is 0. The van der Waals surface area contributed by atoms with E-state index in [1.54, 1.807) is 6.33 Å². The SMILES string of the molecule is N#CC[C@H]1CN(c2ncnc3c2CCN(c2cccc4ccccc24)C3)CCN1. The number of rotatable bonds is 3. The number of anilines is 2. The van der Waals surface area contributed by atoms with Crippen molar-refractivity contribution in [2.24, 2.45) is 0 Å². The van der Waals surface area contributed by atoms with Crippen LogP contribution in [-0.4, -0.2) is 42.2 Å². The minimum atomic E-state index is 0.204. The summed E-state index contributed by atoms with van der Waals surface area (Å²) in [6.45, 7) is 4.37. The Bertz CT molecular complexity index is 1070. The van der Waals surface area contributed by atoms with Crippen molar-refractivity contribution >= 4 is 22.3 Å². The van der Waals surface area contributed by atoms with Gasteiger partial charge in [0, 0.05) is 48.9 Å². The molecule has 2 aromatic carbocycles. The highest BCUT2D eigenvalue weighted by Gasteiger charge is 2.27. The molecule has 0 spiro atoms. The van der Waals surface area contributed by atoms with Gasteiger partial charge in [0.25, 0.3) is 0 Å². The maximum Gasteiger partial charge on any atom is 0.135 e. The first-order valence-corrected chi connectivity index (χ1v) is 10.2. The highest BCUT2D eigenvalue weighted by molar-refractivity contribution is 5.94. The van der Waals surface area contributed by atoms with E-state index >= 15 is 0 Å². The van der Waals surface area contributed by atoms with E-state index in [9.17, 15) is 0 Å². The lowest BCUT2D eigenvalue weighted by atomic mass is 10.0. The number of nitrogens with one attached hydrogen (secondary N) is 1. The molecule has 1 N–H and O–H groups in total. The zero-order chi connectivity index (χ0) is 19.6. The van der Waals surface area contributed by atoms with Crippen LogP contribution in [-0.2, 0) is 13.0 Å². The van der Waals surface area contributed by atoms with Gasteiger partial charge < -0.3 is 15.1 Å². The third-order valence-electron chi connectivity index (χ3n) is 5.98. The highest BCUT2D eigenvalue weighted by Crippen LogP contribution is 2.32. The summed E-state index contributed by atoms with van der Waals surface area (Å²) in [4.78, 5) is 14.0. The molecule has 3 heterocycles. The molecule has 3 aromatic rings. The molecule has 1 fully saturated rings. The van der Waals surface area contributed by atoms with E-state index in [0.717, 1.165) is 50.7 Å². The Morgan fingerprint density at radius 1 is 1.07 bits per heavy atom. The van der Waals surface area contributed by atoms with Gasteiger partial charge in [0.2, 0.25) is 0 Å². The molecule has 0 saturated carbocycles. The van der Waals surface area contributed by atoms with E-state index in [2.05, 4.69) is 73.6 Å². The van der Waals surface area contributed by atoms with Crippen molar-refractivity contribution < 1.29 is 0 Å². The molecule has 0 aliphatic carbocycles. The molecule has 2 aliphatic rings. The summed E-state index contributed by atoms with van der Waals surface area (Å²) in [5, 5.41) is 15.0. The molecule has 146 valence electrons. The van der Waals surface area contributed by atoms with E-state index in [-0.39, 0.29) is 6.04 Å². The first kappa shape index (κ1) is 17.9. The summed E-state index contributed by atoms with van der Waals surface area (Å²) >= 11 is 0. The zero-order valence-corrected chi connectivity index (χ0v) is 16.4. The zero-order valence-electron chi connectivity index (χ0n) is 16.4. The molecule has 1 atom stereocenters. The number of piperazine rings is 1. The summed E-state index contributed by atoms with van der Waals surface area (Å²) in [5.41, 5.74) is 3.65. The Kier molecular flexibility index (Phi) is 4.74. The van der Waals surface area contributed by atoms with Crippen molar-refractivity contribution in [3.63, 3.8) is 0 Å². The van der Waals surface area contributed by atoms with Crippen LogP contribution in [0.25, 0.3) is 10.8 Å². The molecule has 0 amide bonds. The number of nitrogens with zero attached hydrogens (tertiary/aromatic N) is 5. The van der Waals surface area contributed by atoms with Crippen LogP contribution in [0.1, 0.15) is 17.7 Å². The summed E-state index contributed by atoms with van der Waals surface area (Å²) in [6, 6.07) is 17.5. The van der Waals surface area contributed by atoms with Crippen molar-refractivity contribution in [1.82, 2.24) is 15.3 Å². The average molecular weight is 384 g/mol. The molecule has 0 radical (unpaired) electrons. The predicted octanol–water partition coefficient (Wildman–Crippen LogP) is 2.88. The van der Waals surface area contributed by atoms with E-state index < -0.39 is 0 Å². The fourth-order valence-electron chi connectivity index (χ4n) is 4.56. The molecule has 0 bridgehead atoms. The quantitative estimate of drug-likeness (QED) is 0.749. The van der Waals surface area contributed by atoms with Gasteiger partial charge in [-0.3, -0.25) is 0 Å². The number of hydrogen-bond acceptors (Lipinski definition) is 6. The minimum absolute atomic E-state index is 0.204. The van der Waals surface area contributed by atoms with Gasteiger partial charge in [-0.1, -0.05) is 36.4 Å². The van der Waals surface area contributed by atoms with Crippen molar-refractivity contribution in [2.45, 2.75) is 25.4 Å². The lowest BCUT2D eigenvalue weighted by Crippen LogP contribution is -2.51. The van der Waals surface area contributed by atoms with Gasteiger partial charge in [-0.2, -0.15) is 5.26 Å². The fourth-order valence-corrected chi connectivity index (χ4v) is 4.56. The van der Waals surface area contributed by atoms with Crippen molar-refractivity contribution in [1.29, 1.82) is 5.26 Å². The first-order valence-electron chi connectivity index (χ1n) is 10.2. The fraction of sp³-hybridized carbons (Fsp3) is 0.348. The van der Waals surface area contributed by atoms with Crippen LogP contribution in [0.4, 0.5) is 11.5 Å². The minimum Gasteiger partial charge on any atom is -0.365 e. The smallest absolute Gasteiger partial charge is 0.135 e. The average Bonchev–Trinajstić information content (AvgIpc) is 2.78. The van der Waals surface area contributed by atoms with Crippen molar-refractivity contribution in [3.8, 4) is 6.07 Å².